The molecule has 7 rings (SSSR count). The van der Waals surface area contributed by atoms with E-state index in [0.29, 0.717) is 5.69 Å². The van der Waals surface area contributed by atoms with Gasteiger partial charge in [0.1, 0.15) is 5.82 Å². The summed E-state index contributed by atoms with van der Waals surface area (Å²) in [5, 5.41) is 0. The first-order chi connectivity index (χ1) is 14.6. The quantitative estimate of drug-likeness (QED) is 0.583. The van der Waals surface area contributed by atoms with Crippen molar-refractivity contribution in [1.82, 2.24) is 0 Å². The molecule has 3 aliphatic carbocycles. The molecular formula is C26H20FNO2. The highest BCUT2D eigenvalue weighted by Gasteiger charge is 2.67. The monoisotopic (exact) mass is 397 g/mol. The molecule has 4 aliphatic rings. The number of amides is 2. The van der Waals surface area contributed by atoms with Crippen molar-refractivity contribution in [3.8, 4) is 0 Å². The van der Waals surface area contributed by atoms with Gasteiger partial charge in [0.25, 0.3) is 0 Å². The lowest BCUT2D eigenvalue weighted by atomic mass is 9.46. The van der Waals surface area contributed by atoms with Gasteiger partial charge in [-0.25, -0.2) is 9.29 Å². The summed E-state index contributed by atoms with van der Waals surface area (Å²) >= 11 is 0. The lowest BCUT2D eigenvalue weighted by Crippen LogP contribution is -2.53. The molecule has 2 amide bonds. The lowest BCUT2D eigenvalue weighted by Gasteiger charge is -2.54. The van der Waals surface area contributed by atoms with Gasteiger partial charge in [0, 0.05) is 11.3 Å². The fourth-order valence-electron chi connectivity index (χ4n) is 6.37. The Kier molecular flexibility index (Phi) is 3.45. The molecule has 0 radical (unpaired) electrons. The average Bonchev–Trinajstić information content (AvgIpc) is 3.05. The molecule has 30 heavy (non-hydrogen) atoms. The summed E-state index contributed by atoms with van der Waals surface area (Å²) in [5.74, 6) is -1.77. The number of rotatable bonds is 2. The van der Waals surface area contributed by atoms with Gasteiger partial charge in [-0.05, 0) is 52.9 Å². The second-order valence-electron chi connectivity index (χ2n) is 8.47. The van der Waals surface area contributed by atoms with Crippen LogP contribution in [0.3, 0.4) is 0 Å². The summed E-state index contributed by atoms with van der Waals surface area (Å²) < 4.78 is 13.5. The summed E-state index contributed by atoms with van der Waals surface area (Å²) in [6.45, 7) is 2.11. The molecule has 3 aromatic rings. The van der Waals surface area contributed by atoms with Crippen LogP contribution in [0.2, 0.25) is 0 Å². The zero-order chi connectivity index (χ0) is 20.6. The van der Waals surface area contributed by atoms with Crippen molar-refractivity contribution in [3.05, 3.63) is 101 Å². The minimum absolute atomic E-state index is 0.141. The highest BCUT2D eigenvalue weighted by Crippen LogP contribution is 2.65. The van der Waals surface area contributed by atoms with Crippen LogP contribution >= 0.6 is 0 Å². The van der Waals surface area contributed by atoms with E-state index in [2.05, 4.69) is 31.2 Å². The summed E-state index contributed by atoms with van der Waals surface area (Å²) in [7, 11) is 0. The summed E-state index contributed by atoms with van der Waals surface area (Å²) in [5.41, 5.74) is 4.55. The molecule has 3 nitrogen and oxygen atoms in total. The summed E-state index contributed by atoms with van der Waals surface area (Å²) in [6, 6.07) is 22.2. The predicted molar refractivity (Wildman–Crippen MR) is 112 cm³/mol. The Labute approximate surface area is 174 Å². The number of anilines is 1. The van der Waals surface area contributed by atoms with Crippen LogP contribution in [-0.4, -0.2) is 11.8 Å². The minimum atomic E-state index is -0.534. The molecule has 2 bridgehead atoms. The van der Waals surface area contributed by atoms with Crippen LogP contribution in [0.5, 0.6) is 0 Å². The van der Waals surface area contributed by atoms with Crippen molar-refractivity contribution < 1.29 is 14.0 Å². The number of hydrogen-bond acceptors (Lipinski definition) is 2. The van der Waals surface area contributed by atoms with Gasteiger partial charge in [-0.2, -0.15) is 0 Å². The molecule has 0 spiro atoms. The van der Waals surface area contributed by atoms with Crippen LogP contribution in [-0.2, 0) is 15.0 Å². The Balaban J connectivity index is 1.63. The lowest BCUT2D eigenvalue weighted by molar-refractivity contribution is -0.123. The largest absolute Gasteiger partial charge is 0.274 e. The van der Waals surface area contributed by atoms with E-state index in [1.54, 1.807) is 0 Å². The molecule has 1 heterocycles. The maximum absolute atomic E-state index is 13.8. The predicted octanol–water partition coefficient (Wildman–Crippen LogP) is 4.79. The molecule has 0 aromatic heterocycles. The van der Waals surface area contributed by atoms with E-state index in [1.165, 1.54) is 40.3 Å². The van der Waals surface area contributed by atoms with E-state index >= 15 is 0 Å². The molecule has 148 valence electrons. The number of halogens is 1. The second-order valence-corrected chi connectivity index (χ2v) is 8.47. The molecule has 1 aliphatic heterocycles. The highest BCUT2D eigenvalue weighted by atomic mass is 19.1. The number of carbonyl (C=O) groups is 2. The Bertz CT molecular complexity index is 1170. The van der Waals surface area contributed by atoms with Crippen molar-refractivity contribution in [2.75, 3.05) is 4.90 Å². The number of carbonyl (C=O) groups excluding carboxylic acids is 2. The maximum atomic E-state index is 13.8. The van der Waals surface area contributed by atoms with E-state index in [9.17, 15) is 14.0 Å². The Morgan fingerprint density at radius 3 is 1.97 bits per heavy atom. The molecule has 0 saturated carbocycles. The van der Waals surface area contributed by atoms with Gasteiger partial charge >= 0.3 is 0 Å². The highest BCUT2D eigenvalue weighted by molar-refractivity contribution is 6.23. The third-order valence-corrected chi connectivity index (χ3v) is 7.44. The molecule has 0 unspecified atom stereocenters. The van der Waals surface area contributed by atoms with Gasteiger partial charge in [0.2, 0.25) is 11.8 Å². The first-order valence-corrected chi connectivity index (χ1v) is 10.4. The van der Waals surface area contributed by atoms with Crippen LogP contribution in [0.15, 0.2) is 72.8 Å². The van der Waals surface area contributed by atoms with E-state index in [4.69, 9.17) is 0 Å². The first-order valence-electron chi connectivity index (χ1n) is 10.4. The van der Waals surface area contributed by atoms with Gasteiger partial charge in [0.15, 0.2) is 0 Å². The van der Waals surface area contributed by atoms with Crippen LogP contribution in [0.1, 0.15) is 41.5 Å². The Morgan fingerprint density at radius 2 is 1.40 bits per heavy atom. The normalized spacial score (nSPS) is 28.3. The van der Waals surface area contributed by atoms with Crippen molar-refractivity contribution in [2.45, 2.75) is 24.7 Å². The number of imide groups is 1. The number of nitrogens with zero attached hydrogens (tertiary/aromatic N) is 1. The zero-order valence-corrected chi connectivity index (χ0v) is 16.5. The number of benzene rings is 3. The summed E-state index contributed by atoms with van der Waals surface area (Å²) in [4.78, 5) is 28.8. The molecule has 0 N–H and O–H groups in total. The Hall–Kier alpha value is -3.27. The molecule has 1 saturated heterocycles. The van der Waals surface area contributed by atoms with Gasteiger partial charge in [0.05, 0.1) is 17.5 Å². The van der Waals surface area contributed by atoms with Gasteiger partial charge in [-0.1, -0.05) is 55.5 Å². The van der Waals surface area contributed by atoms with Crippen LogP contribution in [0.25, 0.3) is 0 Å². The van der Waals surface area contributed by atoms with E-state index in [0.717, 1.165) is 17.5 Å². The Morgan fingerprint density at radius 1 is 0.833 bits per heavy atom. The standard InChI is InChI=1S/C26H20FNO2/c1-2-26-19-9-5-3-7-17(19)21(18-8-4-6-10-20(18)26)22-23(26)25(30)28(24(22)29)16-13-11-15(27)12-14-16/h3-14,21-23H,2H2,1H3/t21?,22-,23-,26?/m0/s1. The molecule has 4 heteroatoms. The molecule has 3 aromatic carbocycles. The third-order valence-electron chi connectivity index (χ3n) is 7.44. The van der Waals surface area contributed by atoms with Crippen LogP contribution < -0.4 is 4.90 Å². The fourth-order valence-corrected chi connectivity index (χ4v) is 6.37. The summed E-state index contributed by atoms with van der Waals surface area (Å²) in [6.07, 6.45) is 0.727. The first kappa shape index (κ1) is 17.6. The smallest absolute Gasteiger partial charge is 0.238 e. The van der Waals surface area contributed by atoms with Crippen molar-refractivity contribution in [3.63, 3.8) is 0 Å². The van der Waals surface area contributed by atoms with Crippen LogP contribution in [0.4, 0.5) is 10.1 Å². The van der Waals surface area contributed by atoms with Gasteiger partial charge in [-0.3, -0.25) is 9.59 Å². The fraction of sp³-hybridized carbons (Fsp3) is 0.231. The van der Waals surface area contributed by atoms with E-state index in [-0.39, 0.29) is 23.5 Å². The molecule has 2 atom stereocenters. The molecule has 1 fully saturated rings. The maximum Gasteiger partial charge on any atom is 0.238 e. The second kappa shape index (κ2) is 5.88. The van der Waals surface area contributed by atoms with Gasteiger partial charge in [-0.15, -0.1) is 0 Å². The average molecular weight is 397 g/mol. The number of hydrogen-bond donors (Lipinski definition) is 0. The SMILES string of the molecule is CCC12c3ccccc3C(c3ccccc31)[C@@H]1C(=O)N(c3ccc(F)cc3)C(=O)[C@H]12. The topological polar surface area (TPSA) is 37.4 Å². The van der Waals surface area contributed by atoms with Crippen LogP contribution in [0, 0.1) is 17.7 Å². The van der Waals surface area contributed by atoms with Crippen molar-refractivity contribution in [2.24, 2.45) is 11.8 Å². The minimum Gasteiger partial charge on any atom is -0.274 e. The van der Waals surface area contributed by atoms with Gasteiger partial charge < -0.3 is 0 Å². The van der Waals surface area contributed by atoms with E-state index in [1.807, 2.05) is 24.3 Å². The third kappa shape index (κ3) is 1.89. The van der Waals surface area contributed by atoms with Crippen molar-refractivity contribution >= 4 is 17.5 Å². The molecular weight excluding hydrogens is 377 g/mol. The van der Waals surface area contributed by atoms with E-state index < -0.39 is 17.3 Å². The van der Waals surface area contributed by atoms with Crippen molar-refractivity contribution in [1.29, 1.82) is 0 Å². The zero-order valence-electron chi connectivity index (χ0n) is 16.5.